The summed E-state index contributed by atoms with van der Waals surface area (Å²) < 4.78 is 0. The quantitative estimate of drug-likeness (QED) is 0.757. The van der Waals surface area contributed by atoms with Crippen molar-refractivity contribution in [2.75, 3.05) is 11.9 Å². The summed E-state index contributed by atoms with van der Waals surface area (Å²) in [6, 6.07) is 11.7. The standard InChI is InChI=1S/C21H24N6O/c1-15-9-10-20(22-14-15)25-18-7-5-13-26(16(18)2)21(28)17-6-3-4-8-19(17)27-23-11-12-24-27/h3-4,6,8-12,14,16,18H,5,7,13H2,1-2H3,(H,22,25). The number of nitrogens with one attached hydrogen (secondary N) is 1. The van der Waals surface area contributed by atoms with E-state index >= 15 is 0 Å². The summed E-state index contributed by atoms with van der Waals surface area (Å²) in [6.07, 6.45) is 7.02. The van der Waals surface area contributed by atoms with Gasteiger partial charge in [-0.3, -0.25) is 4.79 Å². The molecular weight excluding hydrogens is 352 g/mol. The minimum atomic E-state index is 0.00349. The lowest BCUT2D eigenvalue weighted by Crippen LogP contribution is -2.52. The number of benzene rings is 1. The molecule has 1 amide bonds. The first-order valence-electron chi connectivity index (χ1n) is 9.59. The van der Waals surface area contributed by atoms with E-state index in [2.05, 4.69) is 27.4 Å². The van der Waals surface area contributed by atoms with Crippen LogP contribution in [-0.4, -0.2) is 49.4 Å². The zero-order valence-corrected chi connectivity index (χ0v) is 16.1. The summed E-state index contributed by atoms with van der Waals surface area (Å²) in [6.45, 7) is 4.85. The van der Waals surface area contributed by atoms with Crippen molar-refractivity contribution in [3.05, 3.63) is 66.1 Å². The number of para-hydroxylation sites is 1. The van der Waals surface area contributed by atoms with Gasteiger partial charge in [-0.05, 0) is 50.5 Å². The van der Waals surface area contributed by atoms with Gasteiger partial charge in [-0.25, -0.2) is 4.98 Å². The lowest BCUT2D eigenvalue weighted by molar-refractivity contribution is 0.0616. The Hall–Kier alpha value is -3.22. The van der Waals surface area contributed by atoms with Crippen LogP contribution in [-0.2, 0) is 0 Å². The highest BCUT2D eigenvalue weighted by Gasteiger charge is 2.32. The summed E-state index contributed by atoms with van der Waals surface area (Å²) in [4.78, 5) is 21.3. The Morgan fingerprint density at radius 2 is 1.93 bits per heavy atom. The Labute approximate surface area is 164 Å². The van der Waals surface area contributed by atoms with Gasteiger partial charge in [-0.1, -0.05) is 18.2 Å². The smallest absolute Gasteiger partial charge is 0.256 e. The van der Waals surface area contributed by atoms with Crippen LogP contribution in [0.2, 0.25) is 0 Å². The van der Waals surface area contributed by atoms with Gasteiger partial charge < -0.3 is 10.2 Å². The number of aromatic nitrogens is 4. The van der Waals surface area contributed by atoms with Gasteiger partial charge >= 0.3 is 0 Å². The van der Waals surface area contributed by atoms with Crippen LogP contribution in [0.5, 0.6) is 0 Å². The molecule has 1 saturated heterocycles. The number of carbonyl (C=O) groups excluding carboxylic acids is 1. The molecule has 2 atom stereocenters. The lowest BCUT2D eigenvalue weighted by atomic mass is 9.96. The summed E-state index contributed by atoms with van der Waals surface area (Å²) >= 11 is 0. The summed E-state index contributed by atoms with van der Waals surface area (Å²) in [5, 5.41) is 11.9. The predicted octanol–water partition coefficient (Wildman–Crippen LogP) is 3.08. The number of rotatable bonds is 4. The molecular formula is C21H24N6O. The number of hydrogen-bond acceptors (Lipinski definition) is 5. The van der Waals surface area contributed by atoms with E-state index in [4.69, 9.17) is 0 Å². The summed E-state index contributed by atoms with van der Waals surface area (Å²) in [5.41, 5.74) is 2.43. The van der Waals surface area contributed by atoms with Gasteiger partial charge in [0.25, 0.3) is 5.91 Å². The van der Waals surface area contributed by atoms with E-state index in [-0.39, 0.29) is 18.0 Å². The monoisotopic (exact) mass is 376 g/mol. The van der Waals surface area contributed by atoms with Gasteiger partial charge in [0, 0.05) is 24.8 Å². The first kappa shape index (κ1) is 18.2. The van der Waals surface area contributed by atoms with Gasteiger partial charge in [0.05, 0.1) is 23.6 Å². The van der Waals surface area contributed by atoms with E-state index in [1.807, 2.05) is 54.4 Å². The molecule has 1 N–H and O–H groups in total. The fourth-order valence-electron chi connectivity index (χ4n) is 3.69. The zero-order chi connectivity index (χ0) is 19.5. The number of carbonyl (C=O) groups is 1. The molecule has 0 spiro atoms. The second kappa shape index (κ2) is 7.80. The maximum absolute atomic E-state index is 13.4. The fraction of sp³-hybridized carbons (Fsp3) is 0.333. The van der Waals surface area contributed by atoms with E-state index in [1.54, 1.807) is 12.4 Å². The van der Waals surface area contributed by atoms with Crippen LogP contribution in [0.25, 0.3) is 5.69 Å². The van der Waals surface area contributed by atoms with E-state index in [0.29, 0.717) is 11.3 Å². The molecule has 1 aromatic carbocycles. The van der Waals surface area contributed by atoms with E-state index in [9.17, 15) is 4.79 Å². The van der Waals surface area contributed by atoms with Crippen molar-refractivity contribution in [2.24, 2.45) is 0 Å². The molecule has 1 aliphatic rings. The molecule has 2 aromatic heterocycles. The fourth-order valence-corrected chi connectivity index (χ4v) is 3.69. The number of aryl methyl sites for hydroxylation is 1. The molecule has 144 valence electrons. The lowest BCUT2D eigenvalue weighted by Gasteiger charge is -2.40. The molecule has 1 aliphatic heterocycles. The number of anilines is 1. The average molecular weight is 376 g/mol. The van der Waals surface area contributed by atoms with Gasteiger partial charge in [0.15, 0.2) is 0 Å². The van der Waals surface area contributed by atoms with Gasteiger partial charge in [0.1, 0.15) is 5.82 Å². The molecule has 0 aliphatic carbocycles. The van der Waals surface area contributed by atoms with E-state index < -0.39 is 0 Å². The molecule has 3 heterocycles. The minimum absolute atomic E-state index is 0.00349. The Balaban J connectivity index is 1.56. The van der Waals surface area contributed by atoms with Crippen LogP contribution in [0, 0.1) is 6.92 Å². The zero-order valence-electron chi connectivity index (χ0n) is 16.1. The minimum Gasteiger partial charge on any atom is -0.365 e. The van der Waals surface area contributed by atoms with Gasteiger partial charge in [-0.2, -0.15) is 15.0 Å². The van der Waals surface area contributed by atoms with Gasteiger partial charge in [0.2, 0.25) is 0 Å². The average Bonchev–Trinajstić information content (AvgIpc) is 3.25. The maximum Gasteiger partial charge on any atom is 0.256 e. The SMILES string of the molecule is Cc1ccc(NC2CCCN(C(=O)c3ccccc3-n3nccn3)C2C)nc1. The van der Waals surface area contributed by atoms with Crippen molar-refractivity contribution in [1.29, 1.82) is 0 Å². The van der Waals surface area contributed by atoms with Crippen LogP contribution in [0.1, 0.15) is 35.7 Å². The predicted molar refractivity (Wildman–Crippen MR) is 107 cm³/mol. The molecule has 2 unspecified atom stereocenters. The van der Waals surface area contributed by atoms with Crippen molar-refractivity contribution in [3.8, 4) is 5.69 Å². The highest BCUT2D eigenvalue weighted by molar-refractivity contribution is 5.98. The largest absolute Gasteiger partial charge is 0.365 e. The van der Waals surface area contributed by atoms with Crippen molar-refractivity contribution < 1.29 is 4.79 Å². The van der Waals surface area contributed by atoms with Gasteiger partial charge in [-0.15, -0.1) is 0 Å². The first-order valence-corrected chi connectivity index (χ1v) is 9.59. The van der Waals surface area contributed by atoms with Crippen molar-refractivity contribution >= 4 is 11.7 Å². The van der Waals surface area contributed by atoms with E-state index in [1.165, 1.54) is 4.80 Å². The topological polar surface area (TPSA) is 75.9 Å². The number of likely N-dealkylation sites (tertiary alicyclic amines) is 1. The Morgan fingerprint density at radius 3 is 2.68 bits per heavy atom. The first-order chi connectivity index (χ1) is 13.6. The highest BCUT2D eigenvalue weighted by atomic mass is 16.2. The molecule has 7 nitrogen and oxygen atoms in total. The molecule has 28 heavy (non-hydrogen) atoms. The highest BCUT2D eigenvalue weighted by Crippen LogP contribution is 2.24. The van der Waals surface area contributed by atoms with E-state index in [0.717, 1.165) is 30.8 Å². The second-order valence-electron chi connectivity index (χ2n) is 7.19. The molecule has 7 heteroatoms. The van der Waals surface area contributed by atoms with Crippen molar-refractivity contribution in [2.45, 2.75) is 38.8 Å². The molecule has 0 saturated carbocycles. The summed E-state index contributed by atoms with van der Waals surface area (Å²) in [5.74, 6) is 0.849. The number of hydrogen-bond donors (Lipinski definition) is 1. The molecule has 0 radical (unpaired) electrons. The maximum atomic E-state index is 13.4. The normalized spacial score (nSPS) is 19.4. The van der Waals surface area contributed by atoms with Crippen LogP contribution in [0.15, 0.2) is 55.0 Å². The third-order valence-corrected chi connectivity index (χ3v) is 5.26. The van der Waals surface area contributed by atoms with Crippen molar-refractivity contribution in [3.63, 3.8) is 0 Å². The molecule has 4 rings (SSSR count). The third-order valence-electron chi connectivity index (χ3n) is 5.26. The van der Waals surface area contributed by atoms with Crippen LogP contribution in [0.4, 0.5) is 5.82 Å². The number of amides is 1. The number of nitrogens with zero attached hydrogens (tertiary/aromatic N) is 5. The van der Waals surface area contributed by atoms with Crippen LogP contribution < -0.4 is 5.32 Å². The summed E-state index contributed by atoms with van der Waals surface area (Å²) in [7, 11) is 0. The number of piperidine rings is 1. The van der Waals surface area contributed by atoms with Crippen molar-refractivity contribution in [1.82, 2.24) is 24.9 Å². The third kappa shape index (κ3) is 3.60. The van der Waals surface area contributed by atoms with Crippen LogP contribution >= 0.6 is 0 Å². The Morgan fingerprint density at radius 1 is 1.14 bits per heavy atom. The second-order valence-corrected chi connectivity index (χ2v) is 7.19. The molecule has 0 bridgehead atoms. The Kier molecular flexibility index (Phi) is 5.06. The van der Waals surface area contributed by atoms with Crippen LogP contribution in [0.3, 0.4) is 0 Å². The molecule has 1 fully saturated rings. The number of pyridine rings is 1. The Bertz CT molecular complexity index is 938. The molecule has 3 aromatic rings.